The van der Waals surface area contributed by atoms with E-state index in [1.165, 1.54) is 33.4 Å². The van der Waals surface area contributed by atoms with Gasteiger partial charge in [-0.15, -0.1) is 0 Å². The molecule has 0 saturated heterocycles. The number of hydrogen-bond acceptors (Lipinski definition) is 2. The van der Waals surface area contributed by atoms with Crippen molar-refractivity contribution in [3.63, 3.8) is 0 Å². The molecule has 0 saturated carbocycles. The number of aryl methyl sites for hydroxylation is 4. The summed E-state index contributed by atoms with van der Waals surface area (Å²) in [4.78, 5) is 8.50. The molecule has 4 aromatic rings. The minimum atomic E-state index is 1.15. The van der Waals surface area contributed by atoms with Crippen molar-refractivity contribution in [1.29, 1.82) is 0 Å². The van der Waals surface area contributed by atoms with Crippen LogP contribution in [0.15, 0.2) is 61.7 Å². The number of nitrogens with zero attached hydrogens (tertiary/aromatic N) is 4. The van der Waals surface area contributed by atoms with Gasteiger partial charge in [-0.05, 0) is 62.1 Å². The molecule has 4 heteroatoms. The molecule has 2 aromatic heterocycles. The Morgan fingerprint density at radius 2 is 1.04 bits per heavy atom. The van der Waals surface area contributed by atoms with Gasteiger partial charge in [0.05, 0.1) is 24.0 Å². The van der Waals surface area contributed by atoms with E-state index in [1.807, 2.05) is 37.4 Å². The van der Waals surface area contributed by atoms with Crippen molar-refractivity contribution in [2.75, 3.05) is 0 Å². The number of benzene rings is 2. The minimum Gasteiger partial charge on any atom is -0.306 e. The van der Waals surface area contributed by atoms with Crippen LogP contribution in [0.5, 0.6) is 0 Å². The first-order valence-corrected chi connectivity index (χ1v) is 8.74. The normalized spacial score (nSPS) is 11.1. The highest BCUT2D eigenvalue weighted by Gasteiger charge is 2.18. The number of aromatic nitrogens is 4. The van der Waals surface area contributed by atoms with Crippen LogP contribution in [0, 0.1) is 27.7 Å². The fourth-order valence-corrected chi connectivity index (χ4v) is 3.75. The van der Waals surface area contributed by atoms with E-state index in [-0.39, 0.29) is 0 Å². The summed E-state index contributed by atoms with van der Waals surface area (Å²) < 4.78 is 4.18. The van der Waals surface area contributed by atoms with Gasteiger partial charge in [0.25, 0.3) is 0 Å². The third kappa shape index (κ3) is 2.73. The zero-order chi connectivity index (χ0) is 18.3. The standard InChI is InChI=1S/C22H22N4/c1-15-9-17(3)21(19(11-15)25-7-5-23-13-25)22-18(4)10-16(2)12-20(22)26-8-6-24-14-26/h5-14H,1-4H3. The first kappa shape index (κ1) is 16.3. The molecule has 0 bridgehead atoms. The first-order valence-electron chi connectivity index (χ1n) is 8.74. The van der Waals surface area contributed by atoms with E-state index in [2.05, 4.69) is 71.1 Å². The summed E-state index contributed by atoms with van der Waals surface area (Å²) in [6.45, 7) is 8.63. The average molecular weight is 342 g/mol. The van der Waals surface area contributed by atoms with Crippen molar-refractivity contribution >= 4 is 0 Å². The van der Waals surface area contributed by atoms with Crippen LogP contribution in [0.3, 0.4) is 0 Å². The van der Waals surface area contributed by atoms with E-state index >= 15 is 0 Å². The van der Waals surface area contributed by atoms with Crippen LogP contribution in [0.4, 0.5) is 0 Å². The van der Waals surface area contributed by atoms with Crippen LogP contribution >= 0.6 is 0 Å². The highest BCUT2D eigenvalue weighted by molar-refractivity contribution is 5.85. The molecule has 0 aliphatic heterocycles. The lowest BCUT2D eigenvalue weighted by Gasteiger charge is -2.21. The Kier molecular flexibility index (Phi) is 3.96. The van der Waals surface area contributed by atoms with Gasteiger partial charge in [0.15, 0.2) is 0 Å². The molecule has 0 aliphatic carbocycles. The van der Waals surface area contributed by atoms with Gasteiger partial charge in [0, 0.05) is 35.9 Å². The van der Waals surface area contributed by atoms with Crippen LogP contribution in [0.1, 0.15) is 22.3 Å². The predicted octanol–water partition coefficient (Wildman–Crippen LogP) is 4.96. The Balaban J connectivity index is 2.09. The van der Waals surface area contributed by atoms with Gasteiger partial charge in [0.2, 0.25) is 0 Å². The largest absolute Gasteiger partial charge is 0.306 e. The maximum Gasteiger partial charge on any atom is 0.0991 e. The molecule has 4 nitrogen and oxygen atoms in total. The smallest absolute Gasteiger partial charge is 0.0991 e. The Morgan fingerprint density at radius 3 is 1.38 bits per heavy atom. The molecule has 0 amide bonds. The molecule has 0 spiro atoms. The minimum absolute atomic E-state index is 1.15. The zero-order valence-electron chi connectivity index (χ0n) is 15.6. The molecule has 0 N–H and O–H groups in total. The van der Waals surface area contributed by atoms with E-state index in [9.17, 15) is 0 Å². The summed E-state index contributed by atoms with van der Waals surface area (Å²) in [5.74, 6) is 0. The van der Waals surface area contributed by atoms with Crippen molar-refractivity contribution in [2.45, 2.75) is 27.7 Å². The molecule has 0 unspecified atom stereocenters. The highest BCUT2D eigenvalue weighted by atomic mass is 15.0. The summed E-state index contributed by atoms with van der Waals surface area (Å²) in [5.41, 5.74) is 9.74. The van der Waals surface area contributed by atoms with Gasteiger partial charge < -0.3 is 9.13 Å². The predicted molar refractivity (Wildman–Crippen MR) is 105 cm³/mol. The van der Waals surface area contributed by atoms with Gasteiger partial charge in [0.1, 0.15) is 0 Å². The van der Waals surface area contributed by atoms with Crippen molar-refractivity contribution in [3.05, 3.63) is 84.0 Å². The lowest BCUT2D eigenvalue weighted by atomic mass is 9.90. The molecule has 130 valence electrons. The lowest BCUT2D eigenvalue weighted by molar-refractivity contribution is 1.03. The molecule has 2 aromatic carbocycles. The van der Waals surface area contributed by atoms with E-state index in [0.29, 0.717) is 0 Å². The van der Waals surface area contributed by atoms with Crippen molar-refractivity contribution in [3.8, 4) is 22.5 Å². The second-order valence-corrected chi connectivity index (χ2v) is 6.89. The summed E-state index contributed by atoms with van der Waals surface area (Å²) >= 11 is 0. The quantitative estimate of drug-likeness (QED) is 0.527. The molecule has 4 rings (SSSR count). The number of rotatable bonds is 3. The van der Waals surface area contributed by atoms with Crippen LogP contribution in [-0.2, 0) is 0 Å². The van der Waals surface area contributed by atoms with Gasteiger partial charge in [-0.2, -0.15) is 0 Å². The van der Waals surface area contributed by atoms with Crippen molar-refractivity contribution < 1.29 is 0 Å². The topological polar surface area (TPSA) is 35.6 Å². The summed E-state index contributed by atoms with van der Waals surface area (Å²) in [6.07, 6.45) is 11.4. The molecule has 0 fully saturated rings. The molecule has 2 heterocycles. The van der Waals surface area contributed by atoms with Gasteiger partial charge in [-0.3, -0.25) is 0 Å². The SMILES string of the molecule is Cc1cc(C)c(-c2c(C)cc(C)cc2-n2ccnc2)c(-n2ccnc2)c1. The first-order chi connectivity index (χ1) is 12.5. The fraction of sp³-hybridized carbons (Fsp3) is 0.182. The Hall–Kier alpha value is -3.14. The third-order valence-electron chi connectivity index (χ3n) is 4.73. The zero-order valence-corrected chi connectivity index (χ0v) is 15.6. The number of imidazole rings is 2. The Morgan fingerprint density at radius 1 is 0.615 bits per heavy atom. The third-order valence-corrected chi connectivity index (χ3v) is 4.73. The van der Waals surface area contributed by atoms with Gasteiger partial charge in [-0.25, -0.2) is 9.97 Å². The van der Waals surface area contributed by atoms with E-state index < -0.39 is 0 Å². The van der Waals surface area contributed by atoms with Crippen molar-refractivity contribution in [1.82, 2.24) is 19.1 Å². The average Bonchev–Trinajstić information content (AvgIpc) is 3.28. The Bertz CT molecular complexity index is 970. The van der Waals surface area contributed by atoms with Crippen LogP contribution in [0.25, 0.3) is 22.5 Å². The maximum atomic E-state index is 4.25. The van der Waals surface area contributed by atoms with E-state index in [0.717, 1.165) is 11.4 Å². The summed E-state index contributed by atoms with van der Waals surface area (Å²) in [6, 6.07) is 8.93. The lowest BCUT2D eigenvalue weighted by Crippen LogP contribution is -2.04. The molecule has 26 heavy (non-hydrogen) atoms. The van der Waals surface area contributed by atoms with E-state index in [1.54, 1.807) is 0 Å². The second kappa shape index (κ2) is 6.30. The Labute approximate surface area is 153 Å². The molecule has 0 radical (unpaired) electrons. The second-order valence-electron chi connectivity index (χ2n) is 6.89. The van der Waals surface area contributed by atoms with Gasteiger partial charge >= 0.3 is 0 Å². The van der Waals surface area contributed by atoms with Crippen LogP contribution < -0.4 is 0 Å². The molecular formula is C22H22N4. The van der Waals surface area contributed by atoms with Crippen LogP contribution in [0.2, 0.25) is 0 Å². The fourth-order valence-electron chi connectivity index (χ4n) is 3.75. The van der Waals surface area contributed by atoms with Gasteiger partial charge in [-0.1, -0.05) is 12.1 Å². The monoisotopic (exact) mass is 342 g/mol. The van der Waals surface area contributed by atoms with Crippen molar-refractivity contribution in [2.24, 2.45) is 0 Å². The summed E-state index contributed by atoms with van der Waals surface area (Å²) in [7, 11) is 0. The molecule has 0 aliphatic rings. The van der Waals surface area contributed by atoms with E-state index in [4.69, 9.17) is 0 Å². The highest BCUT2D eigenvalue weighted by Crippen LogP contribution is 2.38. The van der Waals surface area contributed by atoms with Crippen LogP contribution in [-0.4, -0.2) is 19.1 Å². The number of hydrogen-bond donors (Lipinski definition) is 0. The maximum absolute atomic E-state index is 4.25. The molecule has 0 atom stereocenters. The molecular weight excluding hydrogens is 320 g/mol. The summed E-state index contributed by atoms with van der Waals surface area (Å²) in [5, 5.41) is 0.